The molecule has 3 heterocycles. The molecule has 2 N–H and O–H groups in total. The lowest BCUT2D eigenvalue weighted by atomic mass is 9.90. The molecule has 0 saturated carbocycles. The van der Waals surface area contributed by atoms with Crippen LogP contribution in [0.2, 0.25) is 0 Å². The van der Waals surface area contributed by atoms with E-state index < -0.39 is 0 Å². The monoisotopic (exact) mass is 272 g/mol. The molecule has 2 aromatic rings. The number of ether oxygens (including phenoxy) is 1. The molecule has 0 amide bonds. The van der Waals surface area contributed by atoms with Crippen LogP contribution in [0.5, 0.6) is 0 Å². The maximum Gasteiger partial charge on any atom is 0.0990 e. The van der Waals surface area contributed by atoms with Gasteiger partial charge in [0.15, 0.2) is 0 Å². The number of nitrogens with two attached hydrogens (primary N) is 1. The Balaban J connectivity index is 1.63. The van der Waals surface area contributed by atoms with Gasteiger partial charge in [-0.1, -0.05) is 12.1 Å². The maximum atomic E-state index is 5.92. The molecule has 0 aliphatic carbocycles. The van der Waals surface area contributed by atoms with E-state index in [0.29, 0.717) is 18.1 Å². The number of anilines is 1. The highest BCUT2D eigenvalue weighted by Crippen LogP contribution is 2.45. The first-order chi connectivity index (χ1) is 9.29. The summed E-state index contributed by atoms with van der Waals surface area (Å²) in [4.78, 5) is 4.81. The Hall–Kier alpha value is -1.39. The summed E-state index contributed by atoms with van der Waals surface area (Å²) in [5.74, 6) is 0.513. The third-order valence-electron chi connectivity index (χ3n) is 4.13. The maximum absolute atomic E-state index is 5.92. The molecule has 19 heavy (non-hydrogen) atoms. The van der Waals surface area contributed by atoms with Crippen molar-refractivity contribution in [1.82, 2.24) is 4.98 Å². The van der Waals surface area contributed by atoms with E-state index in [1.54, 1.807) is 11.3 Å². The topological polar surface area (TPSA) is 48.1 Å². The smallest absolute Gasteiger partial charge is 0.0990 e. The average Bonchev–Trinajstić information content (AvgIpc) is 3.14. The lowest BCUT2D eigenvalue weighted by Crippen LogP contribution is -2.13. The molecule has 2 aliphatic heterocycles. The molecule has 1 aromatic carbocycles. The summed E-state index contributed by atoms with van der Waals surface area (Å²) in [7, 11) is 0. The van der Waals surface area contributed by atoms with Crippen LogP contribution in [0, 0.1) is 0 Å². The van der Waals surface area contributed by atoms with Crippen molar-refractivity contribution < 1.29 is 4.74 Å². The fourth-order valence-electron chi connectivity index (χ4n) is 3.19. The highest BCUT2D eigenvalue weighted by atomic mass is 32.1. The second-order valence-corrected chi connectivity index (χ2v) is 6.30. The molecule has 0 radical (unpaired) electrons. The predicted octanol–water partition coefficient (Wildman–Crippen LogP) is 3.43. The first-order valence-corrected chi connectivity index (χ1v) is 7.64. The molecular formula is C15H16N2OS. The highest BCUT2D eigenvalue weighted by Gasteiger charge is 2.42. The zero-order valence-corrected chi connectivity index (χ0v) is 11.4. The summed E-state index contributed by atoms with van der Waals surface area (Å²) < 4.78 is 5.92. The number of benzene rings is 1. The SMILES string of the molecule is Nc1cccc(-c2csc(C3CC4CCC3O4)n2)c1. The average molecular weight is 272 g/mol. The Labute approximate surface area is 116 Å². The number of thiazole rings is 1. The molecule has 0 spiro atoms. The van der Waals surface area contributed by atoms with Gasteiger partial charge in [-0.05, 0) is 31.4 Å². The lowest BCUT2D eigenvalue weighted by molar-refractivity contribution is 0.101. The van der Waals surface area contributed by atoms with Gasteiger partial charge in [0, 0.05) is 22.5 Å². The zero-order chi connectivity index (χ0) is 12.8. The van der Waals surface area contributed by atoms with Crippen molar-refractivity contribution >= 4 is 17.0 Å². The largest absolute Gasteiger partial charge is 0.399 e. The van der Waals surface area contributed by atoms with Gasteiger partial charge < -0.3 is 10.5 Å². The number of hydrogen-bond acceptors (Lipinski definition) is 4. The normalized spacial score (nSPS) is 28.9. The predicted molar refractivity (Wildman–Crippen MR) is 77.2 cm³/mol. The Morgan fingerprint density at radius 1 is 1.32 bits per heavy atom. The lowest BCUT2D eigenvalue weighted by Gasteiger charge is -2.15. The van der Waals surface area contributed by atoms with Gasteiger partial charge in [-0.15, -0.1) is 11.3 Å². The van der Waals surface area contributed by atoms with Crippen LogP contribution in [0.15, 0.2) is 29.6 Å². The van der Waals surface area contributed by atoms with Gasteiger partial charge in [0.05, 0.1) is 22.9 Å². The van der Waals surface area contributed by atoms with Crippen molar-refractivity contribution in [3.05, 3.63) is 34.7 Å². The first kappa shape index (κ1) is 11.4. The van der Waals surface area contributed by atoms with Gasteiger partial charge in [-0.2, -0.15) is 0 Å². The Morgan fingerprint density at radius 3 is 3.00 bits per heavy atom. The second kappa shape index (κ2) is 4.32. The molecule has 4 rings (SSSR count). The number of fused-ring (bicyclic) bond motifs is 2. The fourth-order valence-corrected chi connectivity index (χ4v) is 4.18. The van der Waals surface area contributed by atoms with Crippen LogP contribution in [0.25, 0.3) is 11.3 Å². The molecule has 2 bridgehead atoms. The number of hydrogen-bond donors (Lipinski definition) is 1. The number of nitrogen functional groups attached to an aromatic ring is 1. The third-order valence-corrected chi connectivity index (χ3v) is 5.10. The molecular weight excluding hydrogens is 256 g/mol. The Morgan fingerprint density at radius 2 is 2.26 bits per heavy atom. The summed E-state index contributed by atoms with van der Waals surface area (Å²) in [5, 5.41) is 3.36. The van der Waals surface area contributed by atoms with Gasteiger partial charge in [0.2, 0.25) is 0 Å². The molecule has 3 nitrogen and oxygen atoms in total. The molecule has 98 valence electrons. The van der Waals surface area contributed by atoms with Crippen LogP contribution in [0.4, 0.5) is 5.69 Å². The van der Waals surface area contributed by atoms with Crippen LogP contribution in [-0.2, 0) is 4.74 Å². The molecule has 4 heteroatoms. The van der Waals surface area contributed by atoms with Crippen molar-refractivity contribution in [1.29, 1.82) is 0 Å². The molecule has 2 aliphatic rings. The highest BCUT2D eigenvalue weighted by molar-refractivity contribution is 7.10. The van der Waals surface area contributed by atoms with Crippen molar-refractivity contribution in [3.63, 3.8) is 0 Å². The zero-order valence-electron chi connectivity index (χ0n) is 10.6. The third kappa shape index (κ3) is 1.95. The summed E-state index contributed by atoms with van der Waals surface area (Å²) in [5.41, 5.74) is 8.76. The Kier molecular flexibility index (Phi) is 2.60. The van der Waals surface area contributed by atoms with Crippen molar-refractivity contribution in [2.45, 2.75) is 37.4 Å². The summed E-state index contributed by atoms with van der Waals surface area (Å²) >= 11 is 1.76. The standard InChI is InChI=1S/C15H16N2OS/c16-10-3-1-2-9(6-10)13-8-19-15(17-13)12-7-11-4-5-14(12)18-11/h1-3,6,8,11-12,14H,4-5,7,16H2. The number of rotatable bonds is 2. The van der Waals surface area contributed by atoms with Gasteiger partial charge in [-0.3, -0.25) is 0 Å². The second-order valence-electron chi connectivity index (χ2n) is 5.41. The van der Waals surface area contributed by atoms with Crippen LogP contribution >= 0.6 is 11.3 Å². The van der Waals surface area contributed by atoms with Crippen molar-refractivity contribution in [2.75, 3.05) is 5.73 Å². The van der Waals surface area contributed by atoms with Gasteiger partial charge in [0.1, 0.15) is 0 Å². The van der Waals surface area contributed by atoms with Crippen molar-refractivity contribution in [2.24, 2.45) is 0 Å². The van der Waals surface area contributed by atoms with E-state index in [1.165, 1.54) is 17.8 Å². The summed E-state index contributed by atoms with van der Waals surface area (Å²) in [6.07, 6.45) is 4.46. The van der Waals surface area contributed by atoms with Gasteiger partial charge in [-0.25, -0.2) is 4.98 Å². The van der Waals surface area contributed by atoms with Crippen LogP contribution in [-0.4, -0.2) is 17.2 Å². The quantitative estimate of drug-likeness (QED) is 0.852. The van der Waals surface area contributed by atoms with E-state index >= 15 is 0 Å². The van der Waals surface area contributed by atoms with E-state index in [9.17, 15) is 0 Å². The van der Waals surface area contributed by atoms with E-state index in [-0.39, 0.29) is 0 Å². The fraction of sp³-hybridized carbons (Fsp3) is 0.400. The van der Waals surface area contributed by atoms with Crippen molar-refractivity contribution in [3.8, 4) is 11.3 Å². The summed E-state index contributed by atoms with van der Waals surface area (Å²) in [6, 6.07) is 7.92. The van der Waals surface area contributed by atoms with E-state index in [4.69, 9.17) is 15.5 Å². The van der Waals surface area contributed by atoms with Gasteiger partial charge in [0.25, 0.3) is 0 Å². The molecule has 3 unspecified atom stereocenters. The van der Waals surface area contributed by atoms with E-state index in [1.807, 2.05) is 18.2 Å². The van der Waals surface area contributed by atoms with Crippen LogP contribution in [0.3, 0.4) is 0 Å². The molecule has 3 atom stereocenters. The minimum absolute atomic E-state index is 0.407. The first-order valence-electron chi connectivity index (χ1n) is 6.76. The van der Waals surface area contributed by atoms with Gasteiger partial charge >= 0.3 is 0 Å². The van der Waals surface area contributed by atoms with Crippen LogP contribution < -0.4 is 5.73 Å². The van der Waals surface area contributed by atoms with E-state index in [0.717, 1.165) is 23.4 Å². The molecule has 2 saturated heterocycles. The summed E-state index contributed by atoms with van der Waals surface area (Å²) in [6.45, 7) is 0. The molecule has 1 aromatic heterocycles. The number of aromatic nitrogens is 1. The minimum Gasteiger partial charge on any atom is -0.399 e. The number of nitrogens with zero attached hydrogens (tertiary/aromatic N) is 1. The van der Waals surface area contributed by atoms with Crippen LogP contribution in [0.1, 0.15) is 30.2 Å². The van der Waals surface area contributed by atoms with E-state index in [2.05, 4.69) is 11.4 Å². The molecule has 2 fully saturated rings. The minimum atomic E-state index is 0.407. The Bertz CT molecular complexity index is 610.